The number of carbonyl (C=O) groups is 1. The lowest BCUT2D eigenvalue weighted by Gasteiger charge is -2.14. The molecule has 1 unspecified atom stereocenters. The van der Waals surface area contributed by atoms with Crippen LogP contribution in [0.25, 0.3) is 0 Å². The van der Waals surface area contributed by atoms with Gasteiger partial charge in [-0.25, -0.2) is 0 Å². The van der Waals surface area contributed by atoms with Gasteiger partial charge in [0.1, 0.15) is 0 Å². The Balaban J connectivity index is 2.63. The number of nitrogens with zero attached hydrogens (tertiary/aromatic N) is 1. The van der Waals surface area contributed by atoms with Crippen LogP contribution in [0, 0.1) is 13.8 Å². The average Bonchev–Trinajstić information content (AvgIpc) is 2.26. The number of pyridine rings is 1. The maximum absolute atomic E-state index is 12.0. The third kappa shape index (κ3) is 4.46. The molecule has 1 heterocycles. The van der Waals surface area contributed by atoms with Crippen molar-refractivity contribution in [1.29, 1.82) is 0 Å². The first-order chi connectivity index (χ1) is 8.04. The Morgan fingerprint density at radius 1 is 1.47 bits per heavy atom. The maximum atomic E-state index is 12.0. The lowest BCUT2D eigenvalue weighted by atomic mass is 10.1. The van der Waals surface area contributed by atoms with E-state index in [0.29, 0.717) is 5.56 Å². The first kappa shape index (κ1) is 14.2. The highest BCUT2D eigenvalue weighted by molar-refractivity contribution is 9.09. The van der Waals surface area contributed by atoms with Crippen LogP contribution in [0.3, 0.4) is 0 Å². The van der Waals surface area contributed by atoms with Crippen LogP contribution in [0.5, 0.6) is 0 Å². The van der Waals surface area contributed by atoms with Crippen LogP contribution in [0.2, 0.25) is 0 Å². The Kier molecular flexibility index (Phi) is 5.62. The van der Waals surface area contributed by atoms with Crippen LogP contribution >= 0.6 is 15.9 Å². The van der Waals surface area contributed by atoms with E-state index in [2.05, 4.69) is 26.2 Å². The molecule has 0 saturated heterocycles. The second kappa shape index (κ2) is 6.74. The predicted octanol–water partition coefficient (Wildman–Crippen LogP) is 2.99. The minimum Gasteiger partial charge on any atom is -0.350 e. The largest absolute Gasteiger partial charge is 0.350 e. The Morgan fingerprint density at radius 2 is 2.18 bits per heavy atom. The summed E-state index contributed by atoms with van der Waals surface area (Å²) in [6.07, 6.45) is 2.04. The molecule has 1 N–H and O–H groups in total. The lowest BCUT2D eigenvalue weighted by molar-refractivity contribution is 0.0937. The van der Waals surface area contributed by atoms with Crippen molar-refractivity contribution in [3.05, 3.63) is 29.1 Å². The van der Waals surface area contributed by atoms with E-state index < -0.39 is 0 Å². The topological polar surface area (TPSA) is 42.0 Å². The molecule has 0 spiro atoms. The molecule has 3 nitrogen and oxygen atoms in total. The van der Waals surface area contributed by atoms with Crippen LogP contribution in [0.4, 0.5) is 0 Å². The summed E-state index contributed by atoms with van der Waals surface area (Å²) in [6, 6.07) is 3.90. The molecule has 0 fully saturated rings. The number of aromatic nitrogens is 1. The standard InChI is InChI=1S/C13H19BrN2O/c1-9(5-4-8-14)16-13(17)12-7-6-10(2)15-11(12)3/h6-7,9H,4-5,8H2,1-3H3,(H,16,17). The molecule has 1 rings (SSSR count). The van der Waals surface area contributed by atoms with Gasteiger partial charge in [-0.05, 0) is 45.7 Å². The molecule has 0 aliphatic rings. The zero-order chi connectivity index (χ0) is 12.8. The van der Waals surface area contributed by atoms with E-state index in [0.717, 1.165) is 29.6 Å². The number of nitrogens with one attached hydrogen (secondary N) is 1. The third-order valence-electron chi connectivity index (χ3n) is 2.62. The minimum atomic E-state index is -0.0305. The third-order valence-corrected chi connectivity index (χ3v) is 3.18. The molecule has 1 aromatic heterocycles. The van der Waals surface area contributed by atoms with Crippen LogP contribution < -0.4 is 5.32 Å². The number of aryl methyl sites for hydroxylation is 2. The number of alkyl halides is 1. The van der Waals surface area contributed by atoms with Crippen molar-refractivity contribution >= 4 is 21.8 Å². The molecule has 0 aliphatic carbocycles. The number of hydrogen-bond acceptors (Lipinski definition) is 2. The van der Waals surface area contributed by atoms with Crippen LogP contribution in [-0.2, 0) is 0 Å². The van der Waals surface area contributed by atoms with Crippen molar-refractivity contribution in [2.75, 3.05) is 5.33 Å². The van der Waals surface area contributed by atoms with Gasteiger partial charge in [0.05, 0.1) is 11.3 Å². The van der Waals surface area contributed by atoms with Gasteiger partial charge in [-0.2, -0.15) is 0 Å². The van der Waals surface area contributed by atoms with Crippen molar-refractivity contribution in [1.82, 2.24) is 10.3 Å². The van der Waals surface area contributed by atoms with Crippen molar-refractivity contribution < 1.29 is 4.79 Å². The summed E-state index contributed by atoms with van der Waals surface area (Å²) >= 11 is 3.39. The molecule has 17 heavy (non-hydrogen) atoms. The summed E-state index contributed by atoms with van der Waals surface area (Å²) in [6.45, 7) is 5.82. The summed E-state index contributed by atoms with van der Waals surface area (Å²) in [5, 5.41) is 3.96. The van der Waals surface area contributed by atoms with Gasteiger partial charge in [0.15, 0.2) is 0 Å². The molecular weight excluding hydrogens is 280 g/mol. The molecule has 0 radical (unpaired) electrons. The van der Waals surface area contributed by atoms with Crippen molar-refractivity contribution in [3.63, 3.8) is 0 Å². The summed E-state index contributed by atoms with van der Waals surface area (Å²) in [5.74, 6) is -0.0305. The van der Waals surface area contributed by atoms with Gasteiger partial charge in [-0.15, -0.1) is 0 Å². The number of hydrogen-bond donors (Lipinski definition) is 1. The highest BCUT2D eigenvalue weighted by Crippen LogP contribution is 2.07. The van der Waals surface area contributed by atoms with E-state index in [9.17, 15) is 4.79 Å². The van der Waals surface area contributed by atoms with Crippen molar-refractivity contribution in [2.24, 2.45) is 0 Å². The molecule has 4 heteroatoms. The summed E-state index contributed by atoms with van der Waals surface area (Å²) < 4.78 is 0. The van der Waals surface area contributed by atoms with E-state index in [1.807, 2.05) is 32.9 Å². The maximum Gasteiger partial charge on any atom is 0.253 e. The first-order valence-corrected chi connectivity index (χ1v) is 6.98. The molecule has 0 bridgehead atoms. The van der Waals surface area contributed by atoms with E-state index in [1.54, 1.807) is 0 Å². The zero-order valence-electron chi connectivity index (χ0n) is 10.6. The highest BCUT2D eigenvalue weighted by atomic mass is 79.9. The van der Waals surface area contributed by atoms with Gasteiger partial charge in [0.2, 0.25) is 0 Å². The summed E-state index contributed by atoms with van der Waals surface area (Å²) in [7, 11) is 0. The molecule has 0 aliphatic heterocycles. The van der Waals surface area contributed by atoms with Crippen LogP contribution in [-0.4, -0.2) is 22.3 Å². The van der Waals surface area contributed by atoms with Gasteiger partial charge >= 0.3 is 0 Å². The monoisotopic (exact) mass is 298 g/mol. The zero-order valence-corrected chi connectivity index (χ0v) is 12.2. The summed E-state index contributed by atoms with van der Waals surface area (Å²) in [4.78, 5) is 16.3. The van der Waals surface area contributed by atoms with Gasteiger partial charge < -0.3 is 5.32 Å². The fourth-order valence-corrected chi connectivity index (χ4v) is 2.01. The molecule has 1 amide bonds. The fraction of sp³-hybridized carbons (Fsp3) is 0.538. The van der Waals surface area contributed by atoms with Gasteiger partial charge in [0, 0.05) is 17.1 Å². The van der Waals surface area contributed by atoms with Gasteiger partial charge in [-0.3, -0.25) is 9.78 Å². The van der Waals surface area contributed by atoms with E-state index in [-0.39, 0.29) is 11.9 Å². The molecular formula is C13H19BrN2O. The predicted molar refractivity (Wildman–Crippen MR) is 73.7 cm³/mol. The number of carbonyl (C=O) groups excluding carboxylic acids is 1. The fourth-order valence-electron chi connectivity index (χ4n) is 1.68. The normalized spacial score (nSPS) is 12.2. The Hall–Kier alpha value is -0.900. The number of rotatable bonds is 5. The number of halogens is 1. The van der Waals surface area contributed by atoms with Crippen molar-refractivity contribution in [3.8, 4) is 0 Å². The Bertz CT molecular complexity index is 393. The molecule has 0 aromatic carbocycles. The molecule has 1 atom stereocenters. The molecule has 94 valence electrons. The second-order valence-corrected chi connectivity index (χ2v) is 5.08. The Labute approximate surface area is 111 Å². The van der Waals surface area contributed by atoms with Crippen LogP contribution in [0.1, 0.15) is 41.5 Å². The second-order valence-electron chi connectivity index (χ2n) is 4.29. The minimum absolute atomic E-state index is 0.0305. The highest BCUT2D eigenvalue weighted by Gasteiger charge is 2.12. The number of amides is 1. The first-order valence-electron chi connectivity index (χ1n) is 5.85. The van der Waals surface area contributed by atoms with Gasteiger partial charge in [-0.1, -0.05) is 15.9 Å². The molecule has 1 aromatic rings. The average molecular weight is 299 g/mol. The SMILES string of the molecule is Cc1ccc(C(=O)NC(C)CCCBr)c(C)n1. The van der Waals surface area contributed by atoms with Gasteiger partial charge in [0.25, 0.3) is 5.91 Å². The van der Waals surface area contributed by atoms with E-state index in [4.69, 9.17) is 0 Å². The molecule has 0 saturated carbocycles. The lowest BCUT2D eigenvalue weighted by Crippen LogP contribution is -2.33. The van der Waals surface area contributed by atoms with Crippen molar-refractivity contribution in [2.45, 2.75) is 39.7 Å². The smallest absolute Gasteiger partial charge is 0.253 e. The quantitative estimate of drug-likeness (QED) is 0.849. The van der Waals surface area contributed by atoms with E-state index >= 15 is 0 Å². The summed E-state index contributed by atoms with van der Waals surface area (Å²) in [5.41, 5.74) is 2.39. The Morgan fingerprint density at radius 3 is 2.76 bits per heavy atom. The van der Waals surface area contributed by atoms with Crippen LogP contribution in [0.15, 0.2) is 12.1 Å². The van der Waals surface area contributed by atoms with E-state index in [1.165, 1.54) is 0 Å².